The first-order valence-electron chi connectivity index (χ1n) is 6.63. The van der Waals surface area contributed by atoms with Crippen LogP contribution in [0.5, 0.6) is 0 Å². The Morgan fingerprint density at radius 1 is 1.47 bits per heavy atom. The Labute approximate surface area is 116 Å². The second-order valence-corrected chi connectivity index (χ2v) is 5.58. The van der Waals surface area contributed by atoms with Gasteiger partial charge in [-0.15, -0.1) is 6.58 Å². The minimum atomic E-state index is 0.0926. The molecule has 1 heterocycles. The third kappa shape index (κ3) is 5.85. The Hall–Kier alpha value is -1.39. The molecule has 0 saturated carbocycles. The van der Waals surface area contributed by atoms with Crippen molar-refractivity contribution in [3.63, 3.8) is 0 Å². The average Bonchev–Trinajstić information content (AvgIpc) is 2.36. The molecule has 4 nitrogen and oxygen atoms in total. The molecule has 1 rings (SSSR count). The number of rotatable bonds is 7. The van der Waals surface area contributed by atoms with Gasteiger partial charge in [0, 0.05) is 31.4 Å². The first kappa shape index (κ1) is 15.7. The third-order valence-corrected chi connectivity index (χ3v) is 2.68. The molecule has 1 aromatic heterocycles. The van der Waals surface area contributed by atoms with Crippen molar-refractivity contribution in [1.29, 1.82) is 0 Å². The van der Waals surface area contributed by atoms with E-state index >= 15 is 0 Å². The molecule has 0 unspecified atom stereocenters. The fourth-order valence-electron chi connectivity index (χ4n) is 1.69. The lowest BCUT2D eigenvalue weighted by atomic mass is 10.1. The van der Waals surface area contributed by atoms with Crippen molar-refractivity contribution >= 4 is 5.82 Å². The number of aliphatic hydroxyl groups is 1. The van der Waals surface area contributed by atoms with Crippen molar-refractivity contribution in [1.82, 2.24) is 10.3 Å². The quantitative estimate of drug-likeness (QED) is 0.738. The monoisotopic (exact) mass is 263 g/mol. The fraction of sp³-hybridized carbons (Fsp3) is 0.533. The number of hydrogen-bond acceptors (Lipinski definition) is 4. The van der Waals surface area contributed by atoms with Crippen LogP contribution in [-0.4, -0.2) is 35.3 Å². The minimum Gasteiger partial charge on any atom is -0.395 e. The maximum atomic E-state index is 9.09. The molecule has 0 amide bonds. The standard InChI is InChI=1S/C15H25N3O/c1-5-8-18(9-10-19)14-11-13(6-7-16-14)12-17-15(2,3)4/h5-7,11,17,19H,1,8-10,12H2,2-4H3. The smallest absolute Gasteiger partial charge is 0.129 e. The number of aromatic nitrogens is 1. The summed E-state index contributed by atoms with van der Waals surface area (Å²) < 4.78 is 0. The fourth-order valence-corrected chi connectivity index (χ4v) is 1.69. The van der Waals surface area contributed by atoms with E-state index in [9.17, 15) is 0 Å². The Bertz CT molecular complexity index is 399. The van der Waals surface area contributed by atoms with Gasteiger partial charge in [-0.2, -0.15) is 0 Å². The zero-order valence-electron chi connectivity index (χ0n) is 12.2. The highest BCUT2D eigenvalue weighted by Crippen LogP contribution is 2.13. The molecule has 0 saturated heterocycles. The van der Waals surface area contributed by atoms with Gasteiger partial charge in [0.2, 0.25) is 0 Å². The topological polar surface area (TPSA) is 48.4 Å². The summed E-state index contributed by atoms with van der Waals surface area (Å²) in [6.07, 6.45) is 3.62. The van der Waals surface area contributed by atoms with Crippen molar-refractivity contribution in [2.45, 2.75) is 32.9 Å². The third-order valence-electron chi connectivity index (χ3n) is 2.68. The lowest BCUT2D eigenvalue weighted by Gasteiger charge is -2.23. The molecule has 0 aliphatic heterocycles. The van der Waals surface area contributed by atoms with E-state index in [4.69, 9.17) is 5.11 Å². The second-order valence-electron chi connectivity index (χ2n) is 5.58. The van der Waals surface area contributed by atoms with E-state index in [1.54, 1.807) is 0 Å². The first-order chi connectivity index (χ1) is 8.96. The molecule has 2 N–H and O–H groups in total. The molecule has 0 bridgehead atoms. The van der Waals surface area contributed by atoms with Crippen LogP contribution in [-0.2, 0) is 6.54 Å². The summed E-state index contributed by atoms with van der Waals surface area (Å²) in [6, 6.07) is 4.06. The van der Waals surface area contributed by atoms with Crippen LogP contribution in [0.3, 0.4) is 0 Å². The summed E-state index contributed by atoms with van der Waals surface area (Å²) in [5.74, 6) is 0.877. The molecule has 0 aromatic carbocycles. The number of pyridine rings is 1. The first-order valence-corrected chi connectivity index (χ1v) is 6.63. The van der Waals surface area contributed by atoms with Gasteiger partial charge >= 0.3 is 0 Å². The number of anilines is 1. The predicted octanol–water partition coefficient (Wildman–Crippen LogP) is 1.95. The zero-order chi connectivity index (χ0) is 14.3. The predicted molar refractivity (Wildman–Crippen MR) is 80.3 cm³/mol. The SMILES string of the molecule is C=CCN(CCO)c1cc(CNC(C)(C)C)ccn1. The van der Waals surface area contributed by atoms with E-state index < -0.39 is 0 Å². The highest BCUT2D eigenvalue weighted by Gasteiger charge is 2.10. The molecule has 19 heavy (non-hydrogen) atoms. The Morgan fingerprint density at radius 2 is 2.21 bits per heavy atom. The lowest BCUT2D eigenvalue weighted by Crippen LogP contribution is -2.35. The number of nitrogens with zero attached hydrogens (tertiary/aromatic N) is 2. The van der Waals surface area contributed by atoms with Crippen LogP contribution >= 0.6 is 0 Å². The van der Waals surface area contributed by atoms with Gasteiger partial charge in [-0.1, -0.05) is 6.08 Å². The van der Waals surface area contributed by atoms with Crippen LogP contribution in [0.2, 0.25) is 0 Å². The maximum absolute atomic E-state index is 9.09. The molecule has 0 spiro atoms. The van der Waals surface area contributed by atoms with Crippen LogP contribution in [0.1, 0.15) is 26.3 Å². The van der Waals surface area contributed by atoms with Gasteiger partial charge < -0.3 is 15.3 Å². The Balaban J connectivity index is 2.76. The van der Waals surface area contributed by atoms with Crippen molar-refractivity contribution in [2.75, 3.05) is 24.6 Å². The van der Waals surface area contributed by atoms with Crippen LogP contribution in [0.15, 0.2) is 31.0 Å². The molecular weight excluding hydrogens is 238 g/mol. The molecule has 0 aliphatic carbocycles. The second kappa shape index (κ2) is 7.26. The summed E-state index contributed by atoms with van der Waals surface area (Å²) in [6.45, 7) is 12.3. The average molecular weight is 263 g/mol. The van der Waals surface area contributed by atoms with Gasteiger partial charge in [0.05, 0.1) is 6.61 Å². The normalized spacial score (nSPS) is 11.4. The molecule has 0 aliphatic rings. The van der Waals surface area contributed by atoms with Crippen molar-refractivity contribution in [3.05, 3.63) is 36.5 Å². The van der Waals surface area contributed by atoms with Gasteiger partial charge in [-0.3, -0.25) is 0 Å². The van der Waals surface area contributed by atoms with Crippen molar-refractivity contribution in [2.24, 2.45) is 0 Å². The molecule has 0 atom stereocenters. The number of nitrogens with one attached hydrogen (secondary N) is 1. The zero-order valence-corrected chi connectivity index (χ0v) is 12.2. The number of aliphatic hydroxyl groups excluding tert-OH is 1. The maximum Gasteiger partial charge on any atom is 0.129 e. The molecule has 0 fully saturated rings. The van der Waals surface area contributed by atoms with E-state index in [-0.39, 0.29) is 12.1 Å². The van der Waals surface area contributed by atoms with Crippen molar-refractivity contribution < 1.29 is 5.11 Å². The Morgan fingerprint density at radius 3 is 2.79 bits per heavy atom. The van der Waals surface area contributed by atoms with Gasteiger partial charge in [0.15, 0.2) is 0 Å². The van der Waals surface area contributed by atoms with Crippen LogP contribution in [0.25, 0.3) is 0 Å². The summed E-state index contributed by atoms with van der Waals surface area (Å²) in [5, 5.41) is 12.5. The highest BCUT2D eigenvalue weighted by molar-refractivity contribution is 5.41. The van der Waals surface area contributed by atoms with E-state index in [1.165, 1.54) is 5.56 Å². The molecular formula is C15H25N3O. The van der Waals surface area contributed by atoms with E-state index in [0.717, 1.165) is 12.4 Å². The molecule has 4 heteroatoms. The Kier molecular flexibility index (Phi) is 5.99. The summed E-state index contributed by atoms with van der Waals surface area (Å²) in [7, 11) is 0. The van der Waals surface area contributed by atoms with E-state index in [0.29, 0.717) is 13.1 Å². The lowest BCUT2D eigenvalue weighted by molar-refractivity contribution is 0.302. The van der Waals surface area contributed by atoms with Crippen LogP contribution in [0.4, 0.5) is 5.82 Å². The summed E-state index contributed by atoms with van der Waals surface area (Å²) in [5.41, 5.74) is 1.28. The van der Waals surface area contributed by atoms with Gasteiger partial charge in [-0.25, -0.2) is 4.98 Å². The molecule has 0 radical (unpaired) electrons. The van der Waals surface area contributed by atoms with Gasteiger partial charge in [-0.05, 0) is 38.5 Å². The summed E-state index contributed by atoms with van der Waals surface area (Å²) in [4.78, 5) is 6.37. The van der Waals surface area contributed by atoms with Crippen molar-refractivity contribution in [3.8, 4) is 0 Å². The number of hydrogen-bond donors (Lipinski definition) is 2. The highest BCUT2D eigenvalue weighted by atomic mass is 16.3. The van der Waals surface area contributed by atoms with E-state index in [2.05, 4.69) is 43.7 Å². The largest absolute Gasteiger partial charge is 0.395 e. The van der Waals surface area contributed by atoms with Gasteiger partial charge in [0.1, 0.15) is 5.82 Å². The van der Waals surface area contributed by atoms with Gasteiger partial charge in [0.25, 0.3) is 0 Å². The van der Waals surface area contributed by atoms with Crippen LogP contribution in [0, 0.1) is 0 Å². The molecule has 1 aromatic rings. The van der Waals surface area contributed by atoms with E-state index in [1.807, 2.05) is 23.2 Å². The van der Waals surface area contributed by atoms with Crippen LogP contribution < -0.4 is 10.2 Å². The minimum absolute atomic E-state index is 0.0926. The summed E-state index contributed by atoms with van der Waals surface area (Å²) >= 11 is 0. The molecule has 106 valence electrons.